The Bertz CT molecular complexity index is 2400. The molecule has 0 saturated carbocycles. The van der Waals surface area contributed by atoms with Crippen molar-refractivity contribution in [3.8, 4) is 22.3 Å². The van der Waals surface area contributed by atoms with Gasteiger partial charge in [-0.2, -0.15) is 0 Å². The molecule has 9 aromatic rings. The molecule has 0 fully saturated rings. The molecule has 0 aliphatic carbocycles. The molecule has 0 atom stereocenters. The second-order valence-electron chi connectivity index (χ2n) is 12.3. The average Bonchev–Trinajstić information content (AvgIpc) is 3.76. The van der Waals surface area contributed by atoms with Gasteiger partial charge in [0.15, 0.2) is 0 Å². The molecule has 3 aromatic heterocycles. The predicted octanol–water partition coefficient (Wildman–Crippen LogP) is 13.3. The lowest BCUT2D eigenvalue weighted by Gasteiger charge is -2.06. The Morgan fingerprint density at radius 1 is 0.444 bits per heavy atom. The maximum absolute atomic E-state index is 3.70. The van der Waals surface area contributed by atoms with Crippen molar-refractivity contribution in [2.45, 2.75) is 39.5 Å². The summed E-state index contributed by atoms with van der Waals surface area (Å²) in [5, 5.41) is 8.07. The first-order valence-corrected chi connectivity index (χ1v) is 17.8. The van der Waals surface area contributed by atoms with Gasteiger partial charge in [0.25, 0.3) is 0 Å². The largest absolute Gasteiger partial charge is 0.355 e. The van der Waals surface area contributed by atoms with Crippen LogP contribution in [-0.4, -0.2) is 4.98 Å². The Morgan fingerprint density at radius 2 is 0.867 bits per heavy atom. The molecule has 0 aliphatic heterocycles. The number of aromatic amines is 1. The highest BCUT2D eigenvalue weighted by Crippen LogP contribution is 2.44. The lowest BCUT2D eigenvalue weighted by atomic mass is 9.98. The van der Waals surface area contributed by atoms with Crippen LogP contribution in [0.2, 0.25) is 0 Å². The Morgan fingerprint density at radius 3 is 1.31 bits per heavy atom. The molecule has 45 heavy (non-hydrogen) atoms. The van der Waals surface area contributed by atoms with Crippen molar-refractivity contribution < 1.29 is 0 Å². The van der Waals surface area contributed by atoms with Gasteiger partial charge < -0.3 is 4.98 Å². The molecule has 218 valence electrons. The van der Waals surface area contributed by atoms with Crippen molar-refractivity contribution in [2.75, 3.05) is 0 Å². The van der Waals surface area contributed by atoms with Crippen LogP contribution in [0.3, 0.4) is 0 Å². The monoisotopic (exact) mass is 615 g/mol. The summed E-state index contributed by atoms with van der Waals surface area (Å²) in [6.07, 6.45) is 4.57. The van der Waals surface area contributed by atoms with Gasteiger partial charge in [0, 0.05) is 62.2 Å². The van der Waals surface area contributed by atoms with Crippen LogP contribution in [-0.2, 0) is 12.8 Å². The topological polar surface area (TPSA) is 15.8 Å². The molecule has 3 heterocycles. The smallest absolute Gasteiger partial charge is 0.0465 e. The van der Waals surface area contributed by atoms with Crippen molar-refractivity contribution in [1.82, 2.24) is 4.98 Å². The van der Waals surface area contributed by atoms with E-state index in [0.29, 0.717) is 0 Å². The van der Waals surface area contributed by atoms with Crippen LogP contribution in [0.5, 0.6) is 0 Å². The molecule has 0 bridgehead atoms. The molecule has 0 aliphatic rings. The lowest BCUT2D eigenvalue weighted by Crippen LogP contribution is -1.81. The van der Waals surface area contributed by atoms with E-state index in [1.54, 1.807) is 0 Å². The molecule has 3 heteroatoms. The highest BCUT2D eigenvalue weighted by Gasteiger charge is 2.16. The number of benzene rings is 6. The Balaban J connectivity index is 1.22. The zero-order valence-corrected chi connectivity index (χ0v) is 27.2. The van der Waals surface area contributed by atoms with Crippen molar-refractivity contribution in [1.29, 1.82) is 0 Å². The van der Waals surface area contributed by atoms with Gasteiger partial charge in [-0.3, -0.25) is 0 Å². The SMILES string of the molecule is CCCc1cccc2c1sc1c(-c3ccc4[nH]c5ccc(-c6cccc7c6sc6c(CCC)cccc67)cc5c4c3)cccc12. The predicted molar refractivity (Wildman–Crippen MR) is 200 cm³/mol. The number of hydrogen-bond donors (Lipinski definition) is 1. The lowest BCUT2D eigenvalue weighted by molar-refractivity contribution is 0.931. The molecule has 0 amide bonds. The highest BCUT2D eigenvalue weighted by molar-refractivity contribution is 7.27. The third-order valence-corrected chi connectivity index (χ3v) is 12.1. The van der Waals surface area contributed by atoms with Crippen molar-refractivity contribution >= 4 is 84.8 Å². The summed E-state index contributed by atoms with van der Waals surface area (Å²) >= 11 is 3.92. The van der Waals surface area contributed by atoms with E-state index < -0.39 is 0 Å². The molecule has 0 saturated heterocycles. The number of aryl methyl sites for hydroxylation is 2. The van der Waals surface area contributed by atoms with Gasteiger partial charge in [0.1, 0.15) is 0 Å². The van der Waals surface area contributed by atoms with Gasteiger partial charge in [-0.25, -0.2) is 0 Å². The van der Waals surface area contributed by atoms with E-state index >= 15 is 0 Å². The van der Waals surface area contributed by atoms with Gasteiger partial charge in [0.2, 0.25) is 0 Å². The zero-order valence-electron chi connectivity index (χ0n) is 25.5. The first-order valence-electron chi connectivity index (χ1n) is 16.1. The number of H-pyrrole nitrogens is 1. The van der Waals surface area contributed by atoms with Crippen molar-refractivity contribution in [3.63, 3.8) is 0 Å². The third-order valence-electron chi connectivity index (χ3n) is 9.47. The van der Waals surface area contributed by atoms with E-state index in [1.165, 1.54) is 95.5 Å². The fourth-order valence-corrected chi connectivity index (χ4v) is 10.1. The molecule has 0 radical (unpaired) electrons. The number of rotatable bonds is 6. The van der Waals surface area contributed by atoms with E-state index in [1.807, 2.05) is 22.7 Å². The van der Waals surface area contributed by atoms with E-state index in [-0.39, 0.29) is 0 Å². The molecule has 6 aromatic carbocycles. The highest BCUT2D eigenvalue weighted by atomic mass is 32.1. The molecular formula is C42H33NS2. The molecule has 0 spiro atoms. The summed E-state index contributed by atoms with van der Waals surface area (Å²) in [5.41, 5.74) is 10.5. The average molecular weight is 616 g/mol. The number of fused-ring (bicyclic) bond motifs is 9. The maximum atomic E-state index is 3.70. The normalized spacial score (nSPS) is 12.1. The van der Waals surface area contributed by atoms with Gasteiger partial charge in [-0.05, 0) is 70.5 Å². The number of thiophene rings is 2. The first kappa shape index (κ1) is 26.9. The minimum Gasteiger partial charge on any atom is -0.355 e. The standard InChI is InChI=1S/C42H33NS2/c1-3-9-25-11-5-15-31-33-17-7-13-29(41(33)44-39(25)31)27-19-21-37-35(23-27)36-24-28(20-22-38(36)43-37)30-14-8-18-34-32-16-6-12-26(10-4-2)40(32)45-42(30)34/h5-8,11-24,43H,3-4,9-10H2,1-2H3. The van der Waals surface area contributed by atoms with Crippen LogP contribution in [0.15, 0.2) is 109 Å². The third kappa shape index (κ3) is 4.18. The maximum Gasteiger partial charge on any atom is 0.0465 e. The van der Waals surface area contributed by atoms with Crippen LogP contribution in [0.1, 0.15) is 37.8 Å². The summed E-state index contributed by atoms with van der Waals surface area (Å²) in [6.45, 7) is 4.54. The summed E-state index contributed by atoms with van der Waals surface area (Å²) in [4.78, 5) is 3.70. The minimum atomic E-state index is 1.12. The molecular weight excluding hydrogens is 583 g/mol. The van der Waals surface area contributed by atoms with E-state index in [2.05, 4.69) is 128 Å². The molecule has 1 nitrogen and oxygen atoms in total. The van der Waals surface area contributed by atoms with Crippen molar-refractivity contribution in [2.24, 2.45) is 0 Å². The summed E-state index contributed by atoms with van der Waals surface area (Å²) in [5.74, 6) is 0. The fourth-order valence-electron chi connectivity index (χ4n) is 7.38. The second-order valence-corrected chi connectivity index (χ2v) is 14.3. The van der Waals surface area contributed by atoms with Gasteiger partial charge >= 0.3 is 0 Å². The van der Waals surface area contributed by atoms with Crippen molar-refractivity contribution in [3.05, 3.63) is 120 Å². The van der Waals surface area contributed by atoms with E-state index in [4.69, 9.17) is 0 Å². The number of hydrogen-bond acceptors (Lipinski definition) is 2. The first-order chi connectivity index (χ1) is 22.2. The molecule has 9 rings (SSSR count). The second kappa shape index (κ2) is 10.6. The quantitative estimate of drug-likeness (QED) is 0.192. The van der Waals surface area contributed by atoms with E-state index in [0.717, 1.165) is 25.7 Å². The van der Waals surface area contributed by atoms with Crippen LogP contribution in [0.25, 0.3) is 84.4 Å². The van der Waals surface area contributed by atoms with Gasteiger partial charge in [-0.15, -0.1) is 22.7 Å². The summed E-state index contributed by atoms with van der Waals surface area (Å²) < 4.78 is 5.65. The molecule has 0 unspecified atom stereocenters. The molecule has 1 N–H and O–H groups in total. The summed E-state index contributed by atoms with van der Waals surface area (Å²) in [7, 11) is 0. The van der Waals surface area contributed by atoms with Crippen LogP contribution >= 0.6 is 22.7 Å². The Hall–Kier alpha value is -4.44. The van der Waals surface area contributed by atoms with Crippen LogP contribution in [0, 0.1) is 0 Å². The Kier molecular flexibility index (Phi) is 6.33. The van der Waals surface area contributed by atoms with Crippen LogP contribution in [0.4, 0.5) is 0 Å². The van der Waals surface area contributed by atoms with Gasteiger partial charge in [0.05, 0.1) is 0 Å². The summed E-state index contributed by atoms with van der Waals surface area (Å²) in [6, 6.07) is 41.2. The number of nitrogens with one attached hydrogen (secondary N) is 1. The van der Waals surface area contributed by atoms with E-state index in [9.17, 15) is 0 Å². The minimum absolute atomic E-state index is 1.12. The fraction of sp³-hybridized carbons (Fsp3) is 0.143. The number of aromatic nitrogens is 1. The zero-order chi connectivity index (χ0) is 30.1. The van der Waals surface area contributed by atoms with Gasteiger partial charge in [-0.1, -0.05) is 112 Å². The Labute approximate surface area is 270 Å². The van der Waals surface area contributed by atoms with Crippen LogP contribution < -0.4 is 0 Å².